The van der Waals surface area contributed by atoms with E-state index >= 15 is 0 Å². The lowest BCUT2D eigenvalue weighted by molar-refractivity contribution is -0.142. The van der Waals surface area contributed by atoms with Crippen molar-refractivity contribution in [1.29, 1.82) is 0 Å². The predicted octanol–water partition coefficient (Wildman–Crippen LogP) is 2.38. The van der Waals surface area contributed by atoms with Gasteiger partial charge in [-0.05, 0) is 43.0 Å². The topological polar surface area (TPSA) is 58.6 Å². The van der Waals surface area contributed by atoms with Gasteiger partial charge in [-0.3, -0.25) is 4.79 Å². The number of aromatic hydroxyl groups is 1. The van der Waals surface area contributed by atoms with Crippen LogP contribution < -0.4 is 10.1 Å². The van der Waals surface area contributed by atoms with Crippen LogP contribution in [0.3, 0.4) is 0 Å². The molecule has 1 aliphatic rings. The Bertz CT molecular complexity index is 486. The SMILES string of the molecule is CCC1(Oc2ccc(O)c(C)c2)CC(C)CNC1=O. The van der Waals surface area contributed by atoms with Gasteiger partial charge in [0.15, 0.2) is 5.60 Å². The van der Waals surface area contributed by atoms with Crippen LogP contribution in [0.5, 0.6) is 11.5 Å². The molecule has 4 heteroatoms. The van der Waals surface area contributed by atoms with Crippen molar-refractivity contribution < 1.29 is 14.6 Å². The maximum atomic E-state index is 12.2. The lowest BCUT2D eigenvalue weighted by Gasteiger charge is -2.38. The second-order valence-electron chi connectivity index (χ2n) is 5.42. The van der Waals surface area contributed by atoms with Crippen molar-refractivity contribution in [3.05, 3.63) is 23.8 Å². The molecule has 104 valence electrons. The van der Waals surface area contributed by atoms with E-state index in [4.69, 9.17) is 4.74 Å². The molecule has 0 saturated carbocycles. The first-order valence-electron chi connectivity index (χ1n) is 6.74. The van der Waals surface area contributed by atoms with Gasteiger partial charge in [0.2, 0.25) is 0 Å². The van der Waals surface area contributed by atoms with Gasteiger partial charge in [0.05, 0.1) is 0 Å². The molecule has 0 bridgehead atoms. The van der Waals surface area contributed by atoms with Crippen LogP contribution in [0, 0.1) is 12.8 Å². The lowest BCUT2D eigenvalue weighted by atomic mass is 9.84. The Labute approximate surface area is 113 Å². The quantitative estimate of drug-likeness (QED) is 0.880. The highest BCUT2D eigenvalue weighted by Crippen LogP contribution is 2.32. The normalized spacial score (nSPS) is 26.9. The summed E-state index contributed by atoms with van der Waals surface area (Å²) in [6, 6.07) is 5.06. The van der Waals surface area contributed by atoms with Gasteiger partial charge in [0.1, 0.15) is 11.5 Å². The molecule has 0 radical (unpaired) electrons. The van der Waals surface area contributed by atoms with Crippen LogP contribution in [0.25, 0.3) is 0 Å². The average molecular weight is 263 g/mol. The predicted molar refractivity (Wildman–Crippen MR) is 73.3 cm³/mol. The van der Waals surface area contributed by atoms with Crippen LogP contribution >= 0.6 is 0 Å². The lowest BCUT2D eigenvalue weighted by Crippen LogP contribution is -2.57. The number of ether oxygens (including phenoxy) is 1. The Morgan fingerprint density at radius 2 is 2.26 bits per heavy atom. The summed E-state index contributed by atoms with van der Waals surface area (Å²) in [5, 5.41) is 12.4. The summed E-state index contributed by atoms with van der Waals surface area (Å²) >= 11 is 0. The number of piperidine rings is 1. The minimum atomic E-state index is -0.791. The highest BCUT2D eigenvalue weighted by Gasteiger charge is 2.43. The molecule has 0 aromatic heterocycles. The summed E-state index contributed by atoms with van der Waals surface area (Å²) in [5.41, 5.74) is -0.0471. The van der Waals surface area contributed by atoms with Gasteiger partial charge in [-0.1, -0.05) is 13.8 Å². The maximum absolute atomic E-state index is 12.2. The zero-order chi connectivity index (χ0) is 14.0. The number of amides is 1. The molecule has 4 nitrogen and oxygen atoms in total. The third-order valence-electron chi connectivity index (χ3n) is 3.76. The third-order valence-corrected chi connectivity index (χ3v) is 3.76. The number of hydrogen-bond acceptors (Lipinski definition) is 3. The Hall–Kier alpha value is -1.71. The molecule has 2 atom stereocenters. The molecule has 1 aromatic rings. The Morgan fingerprint density at radius 1 is 1.53 bits per heavy atom. The highest BCUT2D eigenvalue weighted by molar-refractivity contribution is 5.86. The van der Waals surface area contributed by atoms with E-state index < -0.39 is 5.60 Å². The average Bonchev–Trinajstić information content (AvgIpc) is 2.38. The van der Waals surface area contributed by atoms with Crippen LogP contribution in [0.15, 0.2) is 18.2 Å². The van der Waals surface area contributed by atoms with Gasteiger partial charge < -0.3 is 15.2 Å². The molecular weight excluding hydrogens is 242 g/mol. The number of carbonyl (C=O) groups is 1. The summed E-state index contributed by atoms with van der Waals surface area (Å²) in [6.45, 7) is 6.59. The summed E-state index contributed by atoms with van der Waals surface area (Å²) in [7, 11) is 0. The van der Waals surface area contributed by atoms with E-state index in [1.165, 1.54) is 0 Å². The minimum absolute atomic E-state index is 0.0428. The zero-order valence-electron chi connectivity index (χ0n) is 11.7. The fraction of sp³-hybridized carbons (Fsp3) is 0.533. The van der Waals surface area contributed by atoms with Crippen LogP contribution in [-0.4, -0.2) is 23.2 Å². The molecule has 0 aliphatic carbocycles. The fourth-order valence-electron chi connectivity index (χ4n) is 2.54. The van der Waals surface area contributed by atoms with Gasteiger partial charge in [-0.2, -0.15) is 0 Å². The number of nitrogens with one attached hydrogen (secondary N) is 1. The number of benzene rings is 1. The molecule has 1 saturated heterocycles. The molecule has 1 heterocycles. The van der Waals surface area contributed by atoms with Crippen LogP contribution in [-0.2, 0) is 4.79 Å². The minimum Gasteiger partial charge on any atom is -0.508 e. The number of carbonyl (C=O) groups excluding carboxylic acids is 1. The summed E-state index contributed by atoms with van der Waals surface area (Å²) < 4.78 is 5.99. The molecule has 1 aromatic carbocycles. The Balaban J connectivity index is 2.26. The Morgan fingerprint density at radius 3 is 2.89 bits per heavy atom. The maximum Gasteiger partial charge on any atom is 0.264 e. The van der Waals surface area contributed by atoms with Crippen LogP contribution in [0.2, 0.25) is 0 Å². The first-order valence-corrected chi connectivity index (χ1v) is 6.74. The highest BCUT2D eigenvalue weighted by atomic mass is 16.5. The monoisotopic (exact) mass is 263 g/mol. The standard InChI is InChI=1S/C15H21NO3/c1-4-15(8-10(2)9-16-14(15)18)19-12-5-6-13(17)11(3)7-12/h5-7,10,17H,4,8-9H2,1-3H3,(H,16,18). The first kappa shape index (κ1) is 13.7. The summed E-state index contributed by atoms with van der Waals surface area (Å²) in [4.78, 5) is 12.2. The number of phenols is 1. The van der Waals surface area contributed by atoms with Crippen molar-refractivity contribution in [3.8, 4) is 11.5 Å². The fourth-order valence-corrected chi connectivity index (χ4v) is 2.54. The largest absolute Gasteiger partial charge is 0.508 e. The van der Waals surface area contributed by atoms with E-state index in [9.17, 15) is 9.90 Å². The van der Waals surface area contributed by atoms with Crippen molar-refractivity contribution in [3.63, 3.8) is 0 Å². The van der Waals surface area contributed by atoms with Crippen molar-refractivity contribution in [1.82, 2.24) is 5.32 Å². The molecule has 2 N–H and O–H groups in total. The molecule has 0 spiro atoms. The van der Waals surface area contributed by atoms with Crippen LogP contribution in [0.1, 0.15) is 32.3 Å². The third kappa shape index (κ3) is 2.67. The molecule has 1 amide bonds. The first-order chi connectivity index (χ1) is 8.97. The van der Waals surface area contributed by atoms with Crippen molar-refractivity contribution in [2.75, 3.05) is 6.54 Å². The van der Waals surface area contributed by atoms with Gasteiger partial charge >= 0.3 is 0 Å². The van der Waals surface area contributed by atoms with E-state index in [1.54, 1.807) is 18.2 Å². The van der Waals surface area contributed by atoms with Crippen molar-refractivity contribution in [2.24, 2.45) is 5.92 Å². The molecule has 2 unspecified atom stereocenters. The molecule has 1 aliphatic heterocycles. The van der Waals surface area contributed by atoms with Gasteiger partial charge in [-0.15, -0.1) is 0 Å². The molecule has 2 rings (SSSR count). The second-order valence-corrected chi connectivity index (χ2v) is 5.42. The number of rotatable bonds is 3. The zero-order valence-corrected chi connectivity index (χ0v) is 11.7. The van der Waals surface area contributed by atoms with E-state index in [2.05, 4.69) is 12.2 Å². The van der Waals surface area contributed by atoms with E-state index in [-0.39, 0.29) is 11.7 Å². The van der Waals surface area contributed by atoms with Crippen molar-refractivity contribution >= 4 is 5.91 Å². The molecule has 1 fully saturated rings. The number of phenolic OH excluding ortho intramolecular Hbond substituents is 1. The van der Waals surface area contributed by atoms with E-state index in [1.807, 2.05) is 13.8 Å². The molecular formula is C15H21NO3. The summed E-state index contributed by atoms with van der Waals surface area (Å²) in [5.74, 6) is 1.22. The van der Waals surface area contributed by atoms with E-state index in [0.29, 0.717) is 24.6 Å². The van der Waals surface area contributed by atoms with Gasteiger partial charge in [-0.25, -0.2) is 0 Å². The molecule has 19 heavy (non-hydrogen) atoms. The smallest absolute Gasteiger partial charge is 0.264 e. The second kappa shape index (κ2) is 5.11. The van der Waals surface area contributed by atoms with E-state index in [0.717, 1.165) is 12.0 Å². The van der Waals surface area contributed by atoms with Crippen LogP contribution in [0.4, 0.5) is 0 Å². The number of aryl methyl sites for hydroxylation is 1. The van der Waals surface area contributed by atoms with Gasteiger partial charge in [0, 0.05) is 13.0 Å². The summed E-state index contributed by atoms with van der Waals surface area (Å²) in [6.07, 6.45) is 1.35. The van der Waals surface area contributed by atoms with Crippen molar-refractivity contribution in [2.45, 2.75) is 39.2 Å². The Kier molecular flexibility index (Phi) is 3.69. The number of hydrogen-bond donors (Lipinski definition) is 2. The van der Waals surface area contributed by atoms with Gasteiger partial charge in [0.25, 0.3) is 5.91 Å².